The molecule has 0 aromatic carbocycles. The molecule has 12 heteroatoms. The Morgan fingerprint density at radius 2 is 1.67 bits per heavy atom. The Balaban J connectivity index is 2.41. The maximum atomic E-state index is 11.6. The molecule has 140 valence electrons. The molecule has 0 bridgehead atoms. The summed E-state index contributed by atoms with van der Waals surface area (Å²) in [6.07, 6.45) is -3.51. The molecule has 0 aliphatic carbocycles. The first-order valence-corrected chi connectivity index (χ1v) is 10.4. The summed E-state index contributed by atoms with van der Waals surface area (Å²) in [5, 5.41) is 29.5. The lowest BCUT2D eigenvalue weighted by molar-refractivity contribution is -0.242. The highest BCUT2D eigenvalue weighted by molar-refractivity contribution is 9.25. The van der Waals surface area contributed by atoms with E-state index in [9.17, 15) is 20.1 Å². The van der Waals surface area contributed by atoms with Crippen molar-refractivity contribution in [2.45, 2.75) is 57.0 Å². The van der Waals surface area contributed by atoms with E-state index in [-0.39, 0.29) is 0 Å². The van der Waals surface area contributed by atoms with Crippen molar-refractivity contribution in [3.05, 3.63) is 0 Å². The van der Waals surface area contributed by atoms with Crippen LogP contribution in [0.3, 0.4) is 0 Å². The molecule has 0 unspecified atom stereocenters. The number of aliphatic hydroxyl groups is 2. The van der Waals surface area contributed by atoms with E-state index in [1.165, 1.54) is 13.8 Å². The molecule has 2 fully saturated rings. The molecule has 8 nitrogen and oxygen atoms in total. The van der Waals surface area contributed by atoms with E-state index < -0.39 is 55.7 Å². The second kappa shape index (κ2) is 7.28. The molecule has 0 spiro atoms. The summed E-state index contributed by atoms with van der Waals surface area (Å²) < 4.78 is 21.4. The number of aliphatic hydroxyl groups excluding tert-OH is 1. The number of hydrogen-bond donors (Lipinski definition) is 3. The molecule has 0 amide bonds. The zero-order chi connectivity index (χ0) is 18.5. The number of halogens is 4. The van der Waals surface area contributed by atoms with Gasteiger partial charge in [0.25, 0.3) is 5.79 Å². The van der Waals surface area contributed by atoms with Crippen LogP contribution in [0.2, 0.25) is 0 Å². The predicted octanol–water partition coefficient (Wildman–Crippen LogP) is 1.62. The lowest BCUT2D eigenvalue weighted by Gasteiger charge is -2.32. The van der Waals surface area contributed by atoms with E-state index in [0.717, 1.165) is 0 Å². The highest BCUT2D eigenvalue weighted by Gasteiger charge is 2.67. The number of carboxylic acids is 1. The van der Waals surface area contributed by atoms with Crippen LogP contribution in [0.25, 0.3) is 0 Å². The number of rotatable bonds is 5. The van der Waals surface area contributed by atoms with Gasteiger partial charge in [0.05, 0.1) is 6.61 Å². The van der Waals surface area contributed by atoms with Gasteiger partial charge in [-0.1, -0.05) is 63.7 Å². The molecule has 2 aliphatic rings. The van der Waals surface area contributed by atoms with E-state index in [1.807, 2.05) is 0 Å². The van der Waals surface area contributed by atoms with E-state index >= 15 is 0 Å². The van der Waals surface area contributed by atoms with Crippen LogP contribution in [0.1, 0.15) is 13.8 Å². The van der Waals surface area contributed by atoms with Crippen molar-refractivity contribution in [3.8, 4) is 0 Å². The fourth-order valence-electron chi connectivity index (χ4n) is 2.62. The summed E-state index contributed by atoms with van der Waals surface area (Å²) in [7, 11) is 0. The average Bonchev–Trinajstić information content (AvgIpc) is 2.95. The number of ether oxygens (including phenoxy) is 4. The smallest absolute Gasteiger partial charge is 0.367 e. The number of hydrogen-bond acceptors (Lipinski definition) is 7. The van der Waals surface area contributed by atoms with E-state index in [2.05, 4.69) is 63.7 Å². The van der Waals surface area contributed by atoms with Crippen LogP contribution in [-0.4, -0.2) is 71.0 Å². The predicted molar refractivity (Wildman–Crippen MR) is 95.5 cm³/mol. The molecule has 2 aliphatic heterocycles. The van der Waals surface area contributed by atoms with Crippen molar-refractivity contribution in [1.82, 2.24) is 0 Å². The van der Waals surface area contributed by atoms with Crippen molar-refractivity contribution in [2.24, 2.45) is 0 Å². The molecule has 2 rings (SSSR count). The third kappa shape index (κ3) is 3.60. The fourth-order valence-corrected chi connectivity index (χ4v) is 5.96. The summed E-state index contributed by atoms with van der Waals surface area (Å²) in [4.78, 5) is 11.6. The van der Waals surface area contributed by atoms with Gasteiger partial charge < -0.3 is 34.3 Å². The van der Waals surface area contributed by atoms with Crippen molar-refractivity contribution in [1.29, 1.82) is 0 Å². The summed E-state index contributed by atoms with van der Waals surface area (Å²) >= 11 is 13.2. The second-order valence-corrected chi connectivity index (χ2v) is 11.9. The highest BCUT2D eigenvalue weighted by Crippen LogP contribution is 2.49. The molecule has 2 saturated heterocycles. The van der Waals surface area contributed by atoms with Crippen LogP contribution >= 0.6 is 63.7 Å². The third-order valence-corrected chi connectivity index (χ3v) is 6.17. The lowest BCUT2D eigenvalue weighted by Crippen LogP contribution is -2.56. The van der Waals surface area contributed by atoms with Gasteiger partial charge in [0.15, 0.2) is 11.9 Å². The van der Waals surface area contributed by atoms with Crippen LogP contribution in [0.5, 0.6) is 0 Å². The maximum Gasteiger partial charge on any atom is 0.367 e. The summed E-state index contributed by atoms with van der Waals surface area (Å²) in [5.74, 6) is -6.99. The fraction of sp³-hybridized carbons (Fsp3) is 0.917. The van der Waals surface area contributed by atoms with Crippen LogP contribution in [0, 0.1) is 0 Å². The van der Waals surface area contributed by atoms with Gasteiger partial charge in [-0.2, -0.15) is 0 Å². The molecule has 24 heavy (non-hydrogen) atoms. The van der Waals surface area contributed by atoms with Gasteiger partial charge in [-0.15, -0.1) is 0 Å². The second-order valence-electron chi connectivity index (χ2n) is 5.79. The summed E-state index contributed by atoms with van der Waals surface area (Å²) in [5.41, 5.74) is 0. The first-order chi connectivity index (χ1) is 10.9. The Bertz CT molecular complexity index is 493. The topological polar surface area (TPSA) is 115 Å². The van der Waals surface area contributed by atoms with Gasteiger partial charge in [0, 0.05) is 0 Å². The molecular weight excluding hydrogens is 592 g/mol. The molecule has 2 heterocycles. The molecule has 0 radical (unpaired) electrons. The van der Waals surface area contributed by atoms with Crippen molar-refractivity contribution in [3.63, 3.8) is 0 Å². The van der Waals surface area contributed by atoms with Crippen molar-refractivity contribution in [2.75, 3.05) is 6.61 Å². The Morgan fingerprint density at radius 1 is 1.12 bits per heavy atom. The minimum atomic E-state index is -2.65. The molecule has 4 atom stereocenters. The molecular formula is C12H16Br4O8. The van der Waals surface area contributed by atoms with Crippen molar-refractivity contribution < 1.29 is 39.1 Å². The SMILES string of the molecule is CC1(C)O[C@@H]([C@@H]2OC(C(Br)Br)(C(Br)Br)O[C@@H]2CO)[C@](O)(C(=O)O)O1. The lowest BCUT2D eigenvalue weighted by atomic mass is 10.0. The number of carbonyl (C=O) groups is 1. The Labute approximate surface area is 171 Å². The van der Waals surface area contributed by atoms with Gasteiger partial charge in [-0.3, -0.25) is 0 Å². The van der Waals surface area contributed by atoms with Gasteiger partial charge in [-0.05, 0) is 13.8 Å². The molecule has 0 aromatic rings. The quantitative estimate of drug-likeness (QED) is 0.404. The largest absolute Gasteiger partial charge is 0.477 e. The zero-order valence-electron chi connectivity index (χ0n) is 12.5. The molecule has 0 saturated carbocycles. The zero-order valence-corrected chi connectivity index (χ0v) is 18.8. The molecule has 0 aromatic heterocycles. The number of aliphatic carboxylic acids is 1. The Morgan fingerprint density at radius 3 is 2.08 bits per heavy atom. The van der Waals surface area contributed by atoms with Gasteiger partial charge >= 0.3 is 5.97 Å². The monoisotopic (exact) mass is 604 g/mol. The van der Waals surface area contributed by atoms with Crippen LogP contribution in [0.4, 0.5) is 0 Å². The highest BCUT2D eigenvalue weighted by atomic mass is 79.9. The van der Waals surface area contributed by atoms with Gasteiger partial charge in [-0.25, -0.2) is 4.79 Å². The Hall–Kier alpha value is 1.15. The number of carboxylic acid groups (broad SMARTS) is 1. The van der Waals surface area contributed by atoms with Crippen LogP contribution in [0.15, 0.2) is 0 Å². The van der Waals surface area contributed by atoms with Crippen LogP contribution in [-0.2, 0) is 23.7 Å². The molecule has 3 N–H and O–H groups in total. The van der Waals surface area contributed by atoms with E-state index in [1.54, 1.807) is 0 Å². The summed E-state index contributed by atoms with van der Waals surface area (Å²) in [6, 6.07) is 0. The Kier molecular flexibility index (Phi) is 6.51. The standard InChI is InChI=1S/C12H16Br4O8/c1-10(2)23-6(11(20,24-10)9(18)19)5-4(3-17)21-12(22-5,7(13)14)8(15)16/h4-8,17,20H,3H2,1-2H3,(H,18,19)/t4-,5-,6+,11-/m1/s1. The van der Waals surface area contributed by atoms with Gasteiger partial charge in [0.1, 0.15) is 19.7 Å². The minimum absolute atomic E-state index is 0.484. The van der Waals surface area contributed by atoms with Crippen LogP contribution < -0.4 is 0 Å². The number of alkyl halides is 4. The first kappa shape index (κ1) is 21.5. The maximum absolute atomic E-state index is 11.6. The minimum Gasteiger partial charge on any atom is -0.477 e. The summed E-state index contributed by atoms with van der Waals surface area (Å²) in [6.45, 7) is 2.45. The normalized spacial score (nSPS) is 38.2. The van der Waals surface area contributed by atoms with Crippen molar-refractivity contribution >= 4 is 69.7 Å². The third-order valence-electron chi connectivity index (χ3n) is 3.61. The van der Waals surface area contributed by atoms with Gasteiger partial charge in [0.2, 0.25) is 5.79 Å². The first-order valence-electron chi connectivity index (χ1n) is 6.76. The van der Waals surface area contributed by atoms with E-state index in [0.29, 0.717) is 0 Å². The average molecular weight is 608 g/mol. The van der Waals surface area contributed by atoms with E-state index in [4.69, 9.17) is 18.9 Å².